The monoisotopic (exact) mass is 227 g/mol. The fourth-order valence-electron chi connectivity index (χ4n) is 1.96. The molecule has 0 atom stereocenters. The SMILES string of the molecule is N#Cc1cc2c(cc1C#N)CN(C(=O)O)CC2. The van der Waals surface area contributed by atoms with Crippen LogP contribution in [-0.2, 0) is 13.0 Å². The van der Waals surface area contributed by atoms with Gasteiger partial charge in [0, 0.05) is 13.1 Å². The third kappa shape index (κ3) is 1.91. The lowest BCUT2D eigenvalue weighted by molar-refractivity contribution is 0.140. The number of nitrogens with zero attached hydrogens (tertiary/aromatic N) is 3. The van der Waals surface area contributed by atoms with Crippen molar-refractivity contribution in [2.24, 2.45) is 0 Å². The first-order valence-corrected chi connectivity index (χ1v) is 5.09. The first-order chi connectivity index (χ1) is 8.15. The standard InChI is InChI=1S/C12H9N3O2/c13-5-9-3-8-1-2-15(12(16)17)7-11(8)4-10(9)6-14/h3-4H,1-2,7H2,(H,16,17). The van der Waals surface area contributed by atoms with Crippen molar-refractivity contribution in [3.63, 3.8) is 0 Å². The minimum Gasteiger partial charge on any atom is -0.465 e. The summed E-state index contributed by atoms with van der Waals surface area (Å²) in [6.45, 7) is 0.712. The summed E-state index contributed by atoms with van der Waals surface area (Å²) in [5, 5.41) is 26.7. The number of benzene rings is 1. The van der Waals surface area contributed by atoms with Gasteiger partial charge in [-0.25, -0.2) is 4.79 Å². The predicted octanol–water partition coefficient (Wildman–Crippen LogP) is 1.47. The maximum absolute atomic E-state index is 10.9. The van der Waals surface area contributed by atoms with E-state index in [0.717, 1.165) is 11.1 Å². The lowest BCUT2D eigenvalue weighted by Gasteiger charge is -2.26. The smallest absolute Gasteiger partial charge is 0.407 e. The van der Waals surface area contributed by atoms with Gasteiger partial charge in [0.2, 0.25) is 0 Å². The summed E-state index contributed by atoms with van der Waals surface area (Å²) in [6.07, 6.45) is -0.374. The summed E-state index contributed by atoms with van der Waals surface area (Å²) >= 11 is 0. The molecule has 1 N–H and O–H groups in total. The normalized spacial score (nSPS) is 13.4. The van der Waals surface area contributed by atoms with Gasteiger partial charge in [-0.3, -0.25) is 0 Å². The average molecular weight is 227 g/mol. The van der Waals surface area contributed by atoms with Crippen molar-refractivity contribution < 1.29 is 9.90 Å². The van der Waals surface area contributed by atoms with E-state index in [9.17, 15) is 4.79 Å². The van der Waals surface area contributed by atoms with Gasteiger partial charge in [0.15, 0.2) is 0 Å². The van der Waals surface area contributed by atoms with Crippen LogP contribution in [0.25, 0.3) is 0 Å². The van der Waals surface area contributed by atoms with E-state index >= 15 is 0 Å². The Morgan fingerprint density at radius 3 is 2.35 bits per heavy atom. The van der Waals surface area contributed by atoms with Crippen LogP contribution in [0.2, 0.25) is 0 Å². The highest BCUT2D eigenvalue weighted by atomic mass is 16.4. The van der Waals surface area contributed by atoms with Gasteiger partial charge in [0.05, 0.1) is 11.1 Å². The molecule has 1 aliphatic rings. The number of nitriles is 2. The number of rotatable bonds is 0. The molecule has 2 rings (SSSR count). The van der Waals surface area contributed by atoms with Gasteiger partial charge in [0.1, 0.15) is 12.1 Å². The van der Waals surface area contributed by atoms with Crippen LogP contribution in [-0.4, -0.2) is 22.6 Å². The maximum atomic E-state index is 10.9. The first-order valence-electron chi connectivity index (χ1n) is 5.09. The van der Waals surface area contributed by atoms with E-state index in [1.54, 1.807) is 12.1 Å². The van der Waals surface area contributed by atoms with Crippen molar-refractivity contribution in [2.45, 2.75) is 13.0 Å². The molecular weight excluding hydrogens is 218 g/mol. The number of carbonyl (C=O) groups is 1. The second kappa shape index (κ2) is 4.15. The average Bonchev–Trinajstić information content (AvgIpc) is 2.36. The molecule has 0 saturated heterocycles. The van der Waals surface area contributed by atoms with E-state index in [0.29, 0.717) is 24.1 Å². The summed E-state index contributed by atoms with van der Waals surface area (Å²) in [5.74, 6) is 0. The van der Waals surface area contributed by atoms with E-state index in [2.05, 4.69) is 0 Å². The number of fused-ring (bicyclic) bond motifs is 1. The second-order valence-corrected chi connectivity index (χ2v) is 3.84. The van der Waals surface area contributed by atoms with Crippen molar-refractivity contribution >= 4 is 6.09 Å². The Morgan fingerprint density at radius 2 is 1.82 bits per heavy atom. The van der Waals surface area contributed by atoms with Gasteiger partial charge < -0.3 is 10.0 Å². The Labute approximate surface area is 98.1 Å². The molecule has 0 aromatic heterocycles. The zero-order valence-corrected chi connectivity index (χ0v) is 8.97. The van der Waals surface area contributed by atoms with Gasteiger partial charge >= 0.3 is 6.09 Å². The highest BCUT2D eigenvalue weighted by molar-refractivity contribution is 5.66. The molecule has 0 fully saturated rings. The fraction of sp³-hybridized carbons (Fsp3) is 0.250. The highest BCUT2D eigenvalue weighted by Gasteiger charge is 2.21. The molecule has 1 aliphatic heterocycles. The van der Waals surface area contributed by atoms with Crippen LogP contribution in [0.4, 0.5) is 4.79 Å². The van der Waals surface area contributed by atoms with Crippen LogP contribution in [0.5, 0.6) is 0 Å². The van der Waals surface area contributed by atoms with Crippen LogP contribution >= 0.6 is 0 Å². The number of hydrogen-bond acceptors (Lipinski definition) is 3. The van der Waals surface area contributed by atoms with Gasteiger partial charge in [-0.2, -0.15) is 10.5 Å². The number of amides is 1. The lowest BCUT2D eigenvalue weighted by Crippen LogP contribution is -2.34. The fourth-order valence-corrected chi connectivity index (χ4v) is 1.96. The van der Waals surface area contributed by atoms with Crippen molar-refractivity contribution in [2.75, 3.05) is 6.54 Å². The zero-order valence-electron chi connectivity index (χ0n) is 8.97. The molecule has 5 heteroatoms. The van der Waals surface area contributed by atoms with E-state index in [-0.39, 0.29) is 6.54 Å². The molecule has 0 saturated carbocycles. The molecule has 1 aromatic rings. The van der Waals surface area contributed by atoms with E-state index in [1.165, 1.54) is 4.90 Å². The molecular formula is C12H9N3O2. The third-order valence-electron chi connectivity index (χ3n) is 2.86. The molecule has 0 unspecified atom stereocenters. The molecule has 5 nitrogen and oxygen atoms in total. The summed E-state index contributed by atoms with van der Waals surface area (Å²) in [6, 6.07) is 7.23. The van der Waals surface area contributed by atoms with Gasteiger partial charge in [-0.05, 0) is 29.7 Å². The van der Waals surface area contributed by atoms with E-state index < -0.39 is 6.09 Å². The number of carboxylic acid groups (broad SMARTS) is 1. The third-order valence-corrected chi connectivity index (χ3v) is 2.86. The minimum atomic E-state index is -0.960. The predicted molar refractivity (Wildman–Crippen MR) is 58.0 cm³/mol. The summed E-state index contributed by atoms with van der Waals surface area (Å²) < 4.78 is 0. The molecule has 84 valence electrons. The van der Waals surface area contributed by atoms with Crippen molar-refractivity contribution in [3.05, 3.63) is 34.4 Å². The van der Waals surface area contributed by atoms with E-state index in [4.69, 9.17) is 15.6 Å². The Morgan fingerprint density at radius 1 is 1.24 bits per heavy atom. The van der Waals surface area contributed by atoms with Gasteiger partial charge in [-0.1, -0.05) is 0 Å². The molecule has 1 amide bonds. The lowest BCUT2D eigenvalue weighted by atomic mass is 9.94. The van der Waals surface area contributed by atoms with Crippen molar-refractivity contribution in [1.82, 2.24) is 4.90 Å². The minimum absolute atomic E-state index is 0.283. The van der Waals surface area contributed by atoms with Crippen molar-refractivity contribution in [3.8, 4) is 12.1 Å². The van der Waals surface area contributed by atoms with Crippen LogP contribution in [0.15, 0.2) is 12.1 Å². The van der Waals surface area contributed by atoms with E-state index in [1.807, 2.05) is 12.1 Å². The summed E-state index contributed by atoms with van der Waals surface area (Å²) in [5.41, 5.74) is 2.43. The Kier molecular flexibility index (Phi) is 2.68. The maximum Gasteiger partial charge on any atom is 0.407 e. The molecule has 0 radical (unpaired) electrons. The zero-order chi connectivity index (χ0) is 12.4. The topological polar surface area (TPSA) is 88.1 Å². The Balaban J connectivity index is 2.44. The van der Waals surface area contributed by atoms with Crippen LogP contribution < -0.4 is 0 Å². The molecule has 17 heavy (non-hydrogen) atoms. The number of hydrogen-bond donors (Lipinski definition) is 1. The van der Waals surface area contributed by atoms with Crippen molar-refractivity contribution in [1.29, 1.82) is 10.5 Å². The Bertz CT molecular complexity index is 566. The molecule has 0 bridgehead atoms. The van der Waals surface area contributed by atoms with Crippen LogP contribution in [0.1, 0.15) is 22.3 Å². The highest BCUT2D eigenvalue weighted by Crippen LogP contribution is 2.22. The van der Waals surface area contributed by atoms with Crippen LogP contribution in [0.3, 0.4) is 0 Å². The summed E-state index contributed by atoms with van der Waals surface area (Å²) in [7, 11) is 0. The summed E-state index contributed by atoms with van der Waals surface area (Å²) in [4.78, 5) is 12.2. The Hall–Kier alpha value is -2.53. The van der Waals surface area contributed by atoms with Gasteiger partial charge in [-0.15, -0.1) is 0 Å². The first kappa shape index (κ1) is 11.0. The second-order valence-electron chi connectivity index (χ2n) is 3.84. The van der Waals surface area contributed by atoms with Gasteiger partial charge in [0.25, 0.3) is 0 Å². The quantitative estimate of drug-likeness (QED) is 0.726. The molecule has 0 aliphatic carbocycles. The molecule has 1 aromatic carbocycles. The molecule has 0 spiro atoms. The largest absolute Gasteiger partial charge is 0.465 e. The molecule has 1 heterocycles. The van der Waals surface area contributed by atoms with Crippen LogP contribution in [0, 0.1) is 22.7 Å².